The minimum absolute atomic E-state index is 0.0948. The number of carbonyl (C=O) groups excluding carboxylic acids is 1. The topological polar surface area (TPSA) is 32.3 Å². The number of nitrogens with zero attached hydrogens (tertiary/aromatic N) is 1. The monoisotopic (exact) mass is 260 g/mol. The van der Waals surface area contributed by atoms with Crippen molar-refractivity contribution in [1.29, 1.82) is 0 Å². The van der Waals surface area contributed by atoms with Gasteiger partial charge in [-0.1, -0.05) is 13.0 Å². The standard InChI is InChI=1S/C16H24N2O/c1-12-5-4-8-18(10-12)11-16(19)17-15-7-6-13(2)14(3)9-15/h6-7,9,12H,4-5,8,10-11H2,1-3H3,(H,17,19)/t12-/m1/s1. The average molecular weight is 260 g/mol. The molecular weight excluding hydrogens is 236 g/mol. The van der Waals surface area contributed by atoms with Crippen molar-refractivity contribution in [3.8, 4) is 0 Å². The molecule has 1 heterocycles. The molecule has 3 heteroatoms. The molecule has 0 spiro atoms. The minimum atomic E-state index is 0.0948. The zero-order chi connectivity index (χ0) is 13.8. The molecule has 0 saturated carbocycles. The first kappa shape index (κ1) is 14.1. The lowest BCUT2D eigenvalue weighted by molar-refractivity contribution is -0.117. The number of anilines is 1. The number of piperidine rings is 1. The maximum Gasteiger partial charge on any atom is 0.238 e. The van der Waals surface area contributed by atoms with Crippen LogP contribution in [-0.2, 0) is 4.79 Å². The fourth-order valence-electron chi connectivity index (χ4n) is 2.65. The zero-order valence-electron chi connectivity index (χ0n) is 12.2. The highest BCUT2D eigenvalue weighted by molar-refractivity contribution is 5.92. The van der Waals surface area contributed by atoms with Crippen LogP contribution in [0.2, 0.25) is 0 Å². The Hall–Kier alpha value is -1.35. The van der Waals surface area contributed by atoms with Crippen molar-refractivity contribution in [2.24, 2.45) is 5.92 Å². The van der Waals surface area contributed by atoms with E-state index in [4.69, 9.17) is 0 Å². The van der Waals surface area contributed by atoms with Crippen LogP contribution < -0.4 is 5.32 Å². The van der Waals surface area contributed by atoms with Crippen molar-refractivity contribution in [2.45, 2.75) is 33.6 Å². The Balaban J connectivity index is 1.88. The largest absolute Gasteiger partial charge is 0.325 e. The lowest BCUT2D eigenvalue weighted by Crippen LogP contribution is -2.39. The highest BCUT2D eigenvalue weighted by atomic mass is 16.2. The summed E-state index contributed by atoms with van der Waals surface area (Å²) in [6.07, 6.45) is 2.49. The van der Waals surface area contributed by atoms with Gasteiger partial charge in [0.05, 0.1) is 6.54 Å². The molecule has 1 aromatic rings. The van der Waals surface area contributed by atoms with E-state index in [0.29, 0.717) is 12.5 Å². The van der Waals surface area contributed by atoms with Crippen molar-refractivity contribution >= 4 is 11.6 Å². The highest BCUT2D eigenvalue weighted by Crippen LogP contribution is 2.16. The molecule has 1 N–H and O–H groups in total. The van der Waals surface area contributed by atoms with Gasteiger partial charge in [-0.25, -0.2) is 0 Å². The van der Waals surface area contributed by atoms with Crippen LogP contribution in [0.1, 0.15) is 30.9 Å². The fourth-order valence-corrected chi connectivity index (χ4v) is 2.65. The van der Waals surface area contributed by atoms with E-state index < -0.39 is 0 Å². The number of hydrogen-bond donors (Lipinski definition) is 1. The molecule has 0 aliphatic carbocycles. The smallest absolute Gasteiger partial charge is 0.238 e. The first-order valence-corrected chi connectivity index (χ1v) is 7.14. The lowest BCUT2D eigenvalue weighted by Gasteiger charge is -2.30. The molecule has 0 aromatic heterocycles. The number of aryl methyl sites for hydroxylation is 2. The van der Waals surface area contributed by atoms with Gasteiger partial charge in [-0.05, 0) is 62.4 Å². The van der Waals surface area contributed by atoms with Crippen LogP contribution >= 0.6 is 0 Å². The molecule has 3 nitrogen and oxygen atoms in total. The molecule has 104 valence electrons. The summed E-state index contributed by atoms with van der Waals surface area (Å²) in [6.45, 7) is 9.00. The summed E-state index contributed by atoms with van der Waals surface area (Å²) in [5.74, 6) is 0.806. The molecular formula is C16H24N2O. The van der Waals surface area contributed by atoms with E-state index >= 15 is 0 Å². The number of amides is 1. The Morgan fingerprint density at radius 1 is 1.37 bits per heavy atom. The molecule has 1 fully saturated rings. The van der Waals surface area contributed by atoms with Gasteiger partial charge in [0.15, 0.2) is 0 Å². The number of rotatable bonds is 3. The number of carbonyl (C=O) groups is 1. The fraction of sp³-hybridized carbons (Fsp3) is 0.562. The summed E-state index contributed by atoms with van der Waals surface area (Å²) >= 11 is 0. The zero-order valence-corrected chi connectivity index (χ0v) is 12.2. The molecule has 0 bridgehead atoms. The van der Waals surface area contributed by atoms with Crippen LogP contribution in [0.4, 0.5) is 5.69 Å². The number of benzene rings is 1. The summed E-state index contributed by atoms with van der Waals surface area (Å²) in [5.41, 5.74) is 3.37. The minimum Gasteiger partial charge on any atom is -0.325 e. The Labute approximate surface area is 116 Å². The van der Waals surface area contributed by atoms with Crippen molar-refractivity contribution in [1.82, 2.24) is 4.90 Å². The third-order valence-electron chi connectivity index (χ3n) is 3.90. The van der Waals surface area contributed by atoms with Crippen molar-refractivity contribution in [3.63, 3.8) is 0 Å². The molecule has 0 unspecified atom stereocenters. The SMILES string of the molecule is Cc1ccc(NC(=O)CN2CCC[C@@H](C)C2)cc1C. The van der Waals surface area contributed by atoms with E-state index in [2.05, 4.69) is 31.0 Å². The first-order chi connectivity index (χ1) is 9.04. The van der Waals surface area contributed by atoms with Gasteiger partial charge in [-0.15, -0.1) is 0 Å². The molecule has 1 aliphatic heterocycles. The Morgan fingerprint density at radius 2 is 2.16 bits per heavy atom. The third kappa shape index (κ3) is 4.06. The lowest BCUT2D eigenvalue weighted by atomic mass is 10.0. The predicted molar refractivity (Wildman–Crippen MR) is 79.4 cm³/mol. The maximum atomic E-state index is 12.0. The number of likely N-dealkylation sites (tertiary alicyclic amines) is 1. The molecule has 1 saturated heterocycles. The van der Waals surface area contributed by atoms with Crippen LogP contribution in [0.25, 0.3) is 0 Å². The van der Waals surface area contributed by atoms with Gasteiger partial charge in [-0.2, -0.15) is 0 Å². The van der Waals surface area contributed by atoms with Crippen LogP contribution in [0.3, 0.4) is 0 Å². The van der Waals surface area contributed by atoms with Gasteiger partial charge in [-0.3, -0.25) is 9.69 Å². The van der Waals surface area contributed by atoms with E-state index in [1.807, 2.05) is 18.2 Å². The summed E-state index contributed by atoms with van der Waals surface area (Å²) in [5, 5.41) is 2.99. The van der Waals surface area contributed by atoms with Crippen LogP contribution in [0, 0.1) is 19.8 Å². The Bertz CT molecular complexity index is 456. The van der Waals surface area contributed by atoms with Gasteiger partial charge < -0.3 is 5.32 Å². The predicted octanol–water partition coefficient (Wildman–Crippen LogP) is 2.97. The number of hydrogen-bond acceptors (Lipinski definition) is 2. The van der Waals surface area contributed by atoms with Crippen LogP contribution in [-0.4, -0.2) is 30.4 Å². The molecule has 19 heavy (non-hydrogen) atoms. The van der Waals surface area contributed by atoms with Gasteiger partial charge in [0, 0.05) is 12.2 Å². The molecule has 1 atom stereocenters. The van der Waals surface area contributed by atoms with E-state index in [0.717, 1.165) is 18.8 Å². The second-order valence-corrected chi connectivity index (χ2v) is 5.83. The Morgan fingerprint density at radius 3 is 2.84 bits per heavy atom. The van der Waals surface area contributed by atoms with Crippen molar-refractivity contribution in [3.05, 3.63) is 29.3 Å². The van der Waals surface area contributed by atoms with E-state index in [1.54, 1.807) is 0 Å². The van der Waals surface area contributed by atoms with E-state index in [1.165, 1.54) is 24.0 Å². The molecule has 1 aromatic carbocycles. The normalized spacial score (nSPS) is 20.3. The van der Waals surface area contributed by atoms with Gasteiger partial charge >= 0.3 is 0 Å². The van der Waals surface area contributed by atoms with Gasteiger partial charge in [0.1, 0.15) is 0 Å². The summed E-state index contributed by atoms with van der Waals surface area (Å²) in [7, 11) is 0. The van der Waals surface area contributed by atoms with E-state index in [-0.39, 0.29) is 5.91 Å². The number of nitrogens with one attached hydrogen (secondary N) is 1. The summed E-state index contributed by atoms with van der Waals surface area (Å²) in [6, 6.07) is 6.05. The molecule has 1 amide bonds. The maximum absolute atomic E-state index is 12.0. The van der Waals surface area contributed by atoms with Crippen molar-refractivity contribution < 1.29 is 4.79 Å². The van der Waals surface area contributed by atoms with Crippen molar-refractivity contribution in [2.75, 3.05) is 25.0 Å². The quantitative estimate of drug-likeness (QED) is 0.906. The second-order valence-electron chi connectivity index (χ2n) is 5.83. The average Bonchev–Trinajstić information content (AvgIpc) is 2.34. The molecule has 2 rings (SSSR count). The van der Waals surface area contributed by atoms with Crippen LogP contribution in [0.15, 0.2) is 18.2 Å². The van der Waals surface area contributed by atoms with Crippen LogP contribution in [0.5, 0.6) is 0 Å². The summed E-state index contributed by atoms with van der Waals surface area (Å²) < 4.78 is 0. The van der Waals surface area contributed by atoms with E-state index in [9.17, 15) is 4.79 Å². The van der Waals surface area contributed by atoms with Gasteiger partial charge in [0.2, 0.25) is 5.91 Å². The molecule has 1 aliphatic rings. The Kier molecular flexibility index (Phi) is 4.59. The van der Waals surface area contributed by atoms with Gasteiger partial charge in [0.25, 0.3) is 0 Å². The highest BCUT2D eigenvalue weighted by Gasteiger charge is 2.18. The third-order valence-corrected chi connectivity index (χ3v) is 3.90. The summed E-state index contributed by atoms with van der Waals surface area (Å²) in [4.78, 5) is 14.3. The first-order valence-electron chi connectivity index (χ1n) is 7.14. The second kappa shape index (κ2) is 6.20. The molecule has 0 radical (unpaired) electrons.